The molecule has 0 amide bonds. The van der Waals surface area contributed by atoms with Crippen LogP contribution in [0.1, 0.15) is 89.7 Å². The Hall–Kier alpha value is -3.74. The van der Waals surface area contributed by atoms with Crippen LogP contribution in [0.5, 0.6) is 23.0 Å². The number of unbranched alkanes of at least 4 members (excludes halogenated alkanes) is 8. The second kappa shape index (κ2) is 18.4. The summed E-state index contributed by atoms with van der Waals surface area (Å²) in [6.07, 6.45) is 11.8. The molecule has 0 radical (unpaired) electrons. The zero-order chi connectivity index (χ0) is 33.4. The predicted octanol–water partition coefficient (Wildman–Crippen LogP) is 8.35. The van der Waals surface area contributed by atoms with Gasteiger partial charge in [-0.25, -0.2) is 4.85 Å². The number of carbonyl (C=O) groups is 1. The summed E-state index contributed by atoms with van der Waals surface area (Å²) < 4.78 is 39.1. The number of benzene rings is 2. The fourth-order valence-electron chi connectivity index (χ4n) is 5.06. The smallest absolute Gasteiger partial charge is 0.316 e. The maximum Gasteiger partial charge on any atom is 0.316 e. The van der Waals surface area contributed by atoms with Gasteiger partial charge in [0.1, 0.15) is 5.41 Å². The highest BCUT2D eigenvalue weighted by molar-refractivity contribution is 5.86. The Kier molecular flexibility index (Phi) is 14.7. The van der Waals surface area contributed by atoms with E-state index in [1.54, 1.807) is 33.5 Å². The minimum Gasteiger partial charge on any atom is -0.493 e. The van der Waals surface area contributed by atoms with Crippen molar-refractivity contribution in [2.45, 2.75) is 84.3 Å². The topological polar surface area (TPSA) is 86.0 Å². The van der Waals surface area contributed by atoms with Crippen LogP contribution < -0.4 is 18.9 Å². The fraction of sp³-hybridized carbons (Fsp3) is 0.568. The lowest BCUT2D eigenvalue weighted by atomic mass is 9.92. The average Bonchev–Trinajstić information content (AvgIpc) is 3.07. The summed E-state index contributed by atoms with van der Waals surface area (Å²) >= 11 is 0. The van der Waals surface area contributed by atoms with Gasteiger partial charge in [0, 0.05) is 0 Å². The molecule has 0 N–H and O–H groups in total. The first kappa shape index (κ1) is 36.7. The van der Waals surface area contributed by atoms with Crippen LogP contribution in [0.25, 0.3) is 16.6 Å². The molecule has 1 heterocycles. The van der Waals surface area contributed by atoms with Crippen molar-refractivity contribution in [2.24, 2.45) is 5.41 Å². The van der Waals surface area contributed by atoms with Crippen molar-refractivity contribution in [2.75, 3.05) is 47.8 Å². The number of nitrogens with zero attached hydrogens (tertiary/aromatic N) is 1. The standard InChI is InChI=1S/C37H51NO8/c1-36(2)45-26-37(3,27-46-36)35(39)44-22-16-14-12-10-8-9-11-13-15-21-43-32-19-17-28(24-33(32)41-6)23-30(38-4)29-18-20-31(40-5)34(25-29)42-7/h17-20,23-25H,8-16,21-22,26-27H2,1-3,5-7H3/b30-23-. The average molecular weight is 638 g/mol. The molecule has 2 aromatic carbocycles. The van der Waals surface area contributed by atoms with Crippen LogP contribution in [0.4, 0.5) is 0 Å². The van der Waals surface area contributed by atoms with Gasteiger partial charge in [-0.2, -0.15) is 0 Å². The number of esters is 1. The van der Waals surface area contributed by atoms with Crippen molar-refractivity contribution < 1.29 is 38.0 Å². The number of methoxy groups -OCH3 is 3. The SMILES string of the molecule is [C-]#[N+]/C(=C\c1ccc(OCCCCCCCCCCCOC(=O)C2(C)COC(C)(C)OC2)c(OC)c1)c1ccc(OC)c(OC)c1. The summed E-state index contributed by atoms with van der Waals surface area (Å²) in [5.41, 5.74) is 1.34. The Balaban J connectivity index is 1.28. The summed E-state index contributed by atoms with van der Waals surface area (Å²) in [5.74, 6) is 1.63. The van der Waals surface area contributed by atoms with E-state index in [0.29, 0.717) is 55.1 Å². The molecule has 0 bridgehead atoms. The van der Waals surface area contributed by atoms with Crippen LogP contribution in [0, 0.1) is 12.0 Å². The van der Waals surface area contributed by atoms with E-state index < -0.39 is 11.2 Å². The van der Waals surface area contributed by atoms with Gasteiger partial charge in [0.25, 0.3) is 0 Å². The summed E-state index contributed by atoms with van der Waals surface area (Å²) in [6.45, 7) is 14.9. The van der Waals surface area contributed by atoms with Gasteiger partial charge in [-0.1, -0.05) is 57.1 Å². The van der Waals surface area contributed by atoms with Crippen molar-refractivity contribution in [3.05, 3.63) is 58.9 Å². The molecule has 0 spiro atoms. The molecule has 1 aliphatic heterocycles. The van der Waals surface area contributed by atoms with E-state index in [0.717, 1.165) is 43.2 Å². The zero-order valence-electron chi connectivity index (χ0n) is 28.4. The van der Waals surface area contributed by atoms with Crippen molar-refractivity contribution >= 4 is 17.7 Å². The zero-order valence-corrected chi connectivity index (χ0v) is 28.4. The van der Waals surface area contributed by atoms with E-state index in [4.69, 9.17) is 39.7 Å². The first-order chi connectivity index (χ1) is 22.1. The van der Waals surface area contributed by atoms with Gasteiger partial charge in [-0.05, 0) is 75.1 Å². The molecule has 252 valence electrons. The second-order valence-corrected chi connectivity index (χ2v) is 12.3. The van der Waals surface area contributed by atoms with Crippen molar-refractivity contribution in [1.29, 1.82) is 0 Å². The monoisotopic (exact) mass is 637 g/mol. The minimum absolute atomic E-state index is 0.239. The van der Waals surface area contributed by atoms with E-state index in [2.05, 4.69) is 4.85 Å². The normalized spacial score (nSPS) is 15.5. The van der Waals surface area contributed by atoms with Gasteiger partial charge < -0.3 is 33.2 Å². The Morgan fingerprint density at radius 3 is 1.89 bits per heavy atom. The van der Waals surface area contributed by atoms with Gasteiger partial charge in [0.15, 0.2) is 34.5 Å². The van der Waals surface area contributed by atoms with Crippen LogP contribution in [-0.2, 0) is 19.0 Å². The third-order valence-corrected chi connectivity index (χ3v) is 8.04. The number of rotatable bonds is 19. The predicted molar refractivity (Wildman–Crippen MR) is 179 cm³/mol. The molecular weight excluding hydrogens is 586 g/mol. The van der Waals surface area contributed by atoms with Crippen molar-refractivity contribution in [3.8, 4) is 23.0 Å². The van der Waals surface area contributed by atoms with E-state index in [1.807, 2.05) is 51.1 Å². The fourth-order valence-corrected chi connectivity index (χ4v) is 5.06. The maximum atomic E-state index is 12.4. The lowest BCUT2D eigenvalue weighted by Gasteiger charge is -2.39. The first-order valence-electron chi connectivity index (χ1n) is 16.2. The molecular formula is C37H51NO8. The van der Waals surface area contributed by atoms with Crippen LogP contribution in [0.2, 0.25) is 0 Å². The molecule has 9 heteroatoms. The second-order valence-electron chi connectivity index (χ2n) is 12.3. The third kappa shape index (κ3) is 11.3. The van der Waals surface area contributed by atoms with Crippen molar-refractivity contribution in [1.82, 2.24) is 0 Å². The molecule has 1 aliphatic rings. The molecule has 46 heavy (non-hydrogen) atoms. The Labute approximate surface area is 274 Å². The molecule has 0 atom stereocenters. The van der Waals surface area contributed by atoms with Crippen LogP contribution in [-0.4, -0.2) is 59.5 Å². The Bertz CT molecular complexity index is 1320. The highest BCUT2D eigenvalue weighted by Gasteiger charge is 2.43. The lowest BCUT2D eigenvalue weighted by Crippen LogP contribution is -2.49. The Morgan fingerprint density at radius 1 is 0.761 bits per heavy atom. The Morgan fingerprint density at radius 2 is 1.30 bits per heavy atom. The van der Waals surface area contributed by atoms with Gasteiger partial charge in [0.05, 0.1) is 54.3 Å². The summed E-state index contributed by atoms with van der Waals surface area (Å²) in [4.78, 5) is 16.2. The summed E-state index contributed by atoms with van der Waals surface area (Å²) in [5, 5.41) is 0. The first-order valence-corrected chi connectivity index (χ1v) is 16.2. The molecule has 1 saturated heterocycles. The van der Waals surface area contributed by atoms with E-state index in [-0.39, 0.29) is 5.97 Å². The number of ether oxygens (including phenoxy) is 7. The molecule has 0 aliphatic carbocycles. The van der Waals surface area contributed by atoms with Gasteiger partial charge in [-0.3, -0.25) is 4.79 Å². The molecule has 9 nitrogen and oxygen atoms in total. The largest absolute Gasteiger partial charge is 0.493 e. The lowest BCUT2D eigenvalue weighted by molar-refractivity contribution is -0.281. The number of hydrogen-bond acceptors (Lipinski definition) is 8. The maximum absolute atomic E-state index is 12.4. The molecule has 0 saturated carbocycles. The highest BCUT2D eigenvalue weighted by atomic mass is 16.7. The molecule has 2 aromatic rings. The third-order valence-electron chi connectivity index (χ3n) is 8.04. The van der Waals surface area contributed by atoms with Gasteiger partial charge in [0.2, 0.25) is 0 Å². The molecule has 3 rings (SSSR count). The van der Waals surface area contributed by atoms with Crippen LogP contribution >= 0.6 is 0 Å². The summed E-state index contributed by atoms with van der Waals surface area (Å²) in [7, 11) is 4.78. The molecule has 0 aromatic heterocycles. The summed E-state index contributed by atoms with van der Waals surface area (Å²) in [6, 6.07) is 11.1. The van der Waals surface area contributed by atoms with E-state index in [1.165, 1.54) is 25.7 Å². The molecule has 1 fully saturated rings. The van der Waals surface area contributed by atoms with Crippen LogP contribution in [0.3, 0.4) is 0 Å². The highest BCUT2D eigenvalue weighted by Crippen LogP contribution is 2.34. The van der Waals surface area contributed by atoms with E-state index >= 15 is 0 Å². The minimum atomic E-state index is -0.729. The molecule has 0 unspecified atom stereocenters. The number of hydrogen-bond donors (Lipinski definition) is 0. The van der Waals surface area contributed by atoms with Crippen molar-refractivity contribution in [3.63, 3.8) is 0 Å². The van der Waals surface area contributed by atoms with Gasteiger partial charge in [-0.15, -0.1) is 0 Å². The number of carbonyl (C=O) groups excluding carboxylic acids is 1. The van der Waals surface area contributed by atoms with Gasteiger partial charge >= 0.3 is 5.97 Å². The van der Waals surface area contributed by atoms with Crippen LogP contribution in [0.15, 0.2) is 36.4 Å². The quantitative estimate of drug-likeness (QED) is 0.0658. The van der Waals surface area contributed by atoms with E-state index in [9.17, 15) is 4.79 Å².